The lowest BCUT2D eigenvalue weighted by Gasteiger charge is -2.07. The summed E-state index contributed by atoms with van der Waals surface area (Å²) in [5.41, 5.74) is 0. The van der Waals surface area contributed by atoms with Crippen molar-refractivity contribution in [2.24, 2.45) is 0 Å². The van der Waals surface area contributed by atoms with Gasteiger partial charge in [0.2, 0.25) is 0 Å². The molecule has 0 heterocycles. The van der Waals surface area contributed by atoms with E-state index in [0.29, 0.717) is 19.4 Å². The van der Waals surface area contributed by atoms with Crippen LogP contribution in [-0.2, 0) is 0 Å². The van der Waals surface area contributed by atoms with Gasteiger partial charge in [-0.15, -0.1) is 11.8 Å². The fraction of sp³-hybridized carbons (Fsp3) is 0.538. The van der Waals surface area contributed by atoms with Crippen molar-refractivity contribution in [1.29, 1.82) is 0 Å². The number of ether oxygens (including phenoxy) is 1. The molecule has 0 atom stereocenters. The summed E-state index contributed by atoms with van der Waals surface area (Å²) in [7, 11) is 0. The molecular formula is C13H17F3OS. The van der Waals surface area contributed by atoms with E-state index < -0.39 is 12.6 Å². The molecule has 0 aliphatic rings. The lowest BCUT2D eigenvalue weighted by Crippen LogP contribution is -2.06. The summed E-state index contributed by atoms with van der Waals surface area (Å²) < 4.78 is 41.1. The van der Waals surface area contributed by atoms with Gasteiger partial charge in [0, 0.05) is 11.3 Å². The molecular weight excluding hydrogens is 261 g/mol. The first kappa shape index (κ1) is 15.2. The van der Waals surface area contributed by atoms with E-state index in [1.165, 1.54) is 0 Å². The third-order valence-electron chi connectivity index (χ3n) is 2.43. The molecule has 0 aliphatic heterocycles. The van der Waals surface area contributed by atoms with Gasteiger partial charge in [-0.2, -0.15) is 13.2 Å². The molecule has 0 aliphatic carbocycles. The van der Waals surface area contributed by atoms with E-state index in [1.54, 1.807) is 11.8 Å². The minimum Gasteiger partial charge on any atom is -0.494 e. The monoisotopic (exact) mass is 278 g/mol. The van der Waals surface area contributed by atoms with Gasteiger partial charge in [-0.3, -0.25) is 0 Å². The Balaban J connectivity index is 2.10. The van der Waals surface area contributed by atoms with Crippen LogP contribution in [0.3, 0.4) is 0 Å². The van der Waals surface area contributed by atoms with Crippen molar-refractivity contribution < 1.29 is 17.9 Å². The second kappa shape index (κ2) is 7.56. The molecule has 1 aromatic carbocycles. The summed E-state index contributed by atoms with van der Waals surface area (Å²) >= 11 is 1.65. The molecule has 0 saturated carbocycles. The maximum Gasteiger partial charge on any atom is 0.389 e. The number of hydrogen-bond acceptors (Lipinski definition) is 2. The SMILES string of the molecule is CSc1ccc(OCCCCCC(F)(F)F)cc1. The third-order valence-corrected chi connectivity index (χ3v) is 3.18. The summed E-state index contributed by atoms with van der Waals surface area (Å²) in [5, 5.41) is 0. The molecule has 0 radical (unpaired) electrons. The van der Waals surface area contributed by atoms with E-state index in [9.17, 15) is 13.2 Å². The summed E-state index contributed by atoms with van der Waals surface area (Å²) in [6, 6.07) is 7.68. The van der Waals surface area contributed by atoms with E-state index in [0.717, 1.165) is 10.6 Å². The minimum atomic E-state index is -4.03. The van der Waals surface area contributed by atoms with Gasteiger partial charge in [-0.05, 0) is 49.8 Å². The first-order valence-corrected chi connectivity index (χ1v) is 7.07. The summed E-state index contributed by atoms with van der Waals surface area (Å²) in [4.78, 5) is 1.16. The Morgan fingerprint density at radius 2 is 1.72 bits per heavy atom. The fourth-order valence-electron chi connectivity index (χ4n) is 1.47. The smallest absolute Gasteiger partial charge is 0.389 e. The van der Waals surface area contributed by atoms with Gasteiger partial charge in [0.25, 0.3) is 0 Å². The topological polar surface area (TPSA) is 9.23 Å². The molecule has 102 valence electrons. The number of unbranched alkanes of at least 4 members (excludes halogenated alkanes) is 2. The van der Waals surface area contributed by atoms with Crippen LogP contribution in [0.4, 0.5) is 13.2 Å². The first-order valence-electron chi connectivity index (χ1n) is 5.85. The van der Waals surface area contributed by atoms with Crippen LogP contribution in [0.15, 0.2) is 29.2 Å². The molecule has 0 amide bonds. The van der Waals surface area contributed by atoms with Crippen molar-refractivity contribution in [1.82, 2.24) is 0 Å². The van der Waals surface area contributed by atoms with Gasteiger partial charge in [-0.25, -0.2) is 0 Å². The molecule has 0 unspecified atom stereocenters. The molecule has 0 saturated heterocycles. The zero-order valence-corrected chi connectivity index (χ0v) is 11.1. The van der Waals surface area contributed by atoms with E-state index in [-0.39, 0.29) is 6.42 Å². The highest BCUT2D eigenvalue weighted by molar-refractivity contribution is 7.98. The van der Waals surface area contributed by atoms with Crippen LogP contribution in [0.25, 0.3) is 0 Å². The van der Waals surface area contributed by atoms with Crippen LogP contribution < -0.4 is 4.74 Å². The van der Waals surface area contributed by atoms with Crippen molar-refractivity contribution in [2.75, 3.05) is 12.9 Å². The zero-order chi connectivity index (χ0) is 13.4. The minimum absolute atomic E-state index is 0.179. The Kier molecular flexibility index (Phi) is 6.39. The maximum atomic E-state index is 11.9. The average molecular weight is 278 g/mol. The summed E-state index contributed by atoms with van der Waals surface area (Å²) in [5.74, 6) is 0.767. The fourth-order valence-corrected chi connectivity index (χ4v) is 1.87. The second-order valence-electron chi connectivity index (χ2n) is 3.95. The van der Waals surface area contributed by atoms with E-state index in [4.69, 9.17) is 4.74 Å². The lowest BCUT2D eigenvalue weighted by atomic mass is 10.2. The molecule has 0 fully saturated rings. The number of benzene rings is 1. The molecule has 0 N–H and O–H groups in total. The number of hydrogen-bond donors (Lipinski definition) is 0. The van der Waals surface area contributed by atoms with E-state index >= 15 is 0 Å². The van der Waals surface area contributed by atoms with Crippen LogP contribution in [0.1, 0.15) is 25.7 Å². The first-order chi connectivity index (χ1) is 8.51. The van der Waals surface area contributed by atoms with Crippen LogP contribution in [-0.4, -0.2) is 19.0 Å². The van der Waals surface area contributed by atoms with Gasteiger partial charge < -0.3 is 4.74 Å². The van der Waals surface area contributed by atoms with Crippen LogP contribution in [0.2, 0.25) is 0 Å². The highest BCUT2D eigenvalue weighted by Crippen LogP contribution is 2.23. The normalized spacial score (nSPS) is 11.6. The van der Waals surface area contributed by atoms with Crippen molar-refractivity contribution in [2.45, 2.75) is 36.8 Å². The largest absolute Gasteiger partial charge is 0.494 e. The van der Waals surface area contributed by atoms with Crippen molar-refractivity contribution in [3.8, 4) is 5.75 Å². The van der Waals surface area contributed by atoms with Crippen LogP contribution >= 0.6 is 11.8 Å². The van der Waals surface area contributed by atoms with Gasteiger partial charge in [-0.1, -0.05) is 0 Å². The number of rotatable bonds is 7. The average Bonchev–Trinajstić information content (AvgIpc) is 2.33. The quantitative estimate of drug-likeness (QED) is 0.517. The van der Waals surface area contributed by atoms with E-state index in [2.05, 4.69) is 0 Å². The van der Waals surface area contributed by atoms with Crippen molar-refractivity contribution >= 4 is 11.8 Å². The maximum absolute atomic E-state index is 11.9. The Morgan fingerprint density at radius 1 is 1.06 bits per heavy atom. The Labute approximate surface area is 110 Å². The Bertz CT molecular complexity index is 335. The molecule has 1 aromatic rings. The molecule has 5 heteroatoms. The highest BCUT2D eigenvalue weighted by atomic mass is 32.2. The molecule has 1 rings (SSSR count). The summed E-state index contributed by atoms with van der Waals surface area (Å²) in [6.45, 7) is 0.469. The van der Waals surface area contributed by atoms with Gasteiger partial charge in [0.05, 0.1) is 6.61 Å². The molecule has 0 bridgehead atoms. The molecule has 0 spiro atoms. The lowest BCUT2D eigenvalue weighted by molar-refractivity contribution is -0.135. The predicted molar refractivity (Wildman–Crippen MR) is 68.2 cm³/mol. The standard InChI is InChI=1S/C13H17F3OS/c1-18-12-7-5-11(6-8-12)17-10-4-2-3-9-13(14,15)16/h5-8H,2-4,9-10H2,1H3. The highest BCUT2D eigenvalue weighted by Gasteiger charge is 2.25. The number of alkyl halides is 3. The van der Waals surface area contributed by atoms with Crippen molar-refractivity contribution in [3.05, 3.63) is 24.3 Å². The van der Waals surface area contributed by atoms with Gasteiger partial charge in [0.15, 0.2) is 0 Å². The Hall–Kier alpha value is -0.840. The van der Waals surface area contributed by atoms with E-state index in [1.807, 2.05) is 30.5 Å². The van der Waals surface area contributed by atoms with Gasteiger partial charge >= 0.3 is 6.18 Å². The van der Waals surface area contributed by atoms with Crippen LogP contribution in [0, 0.1) is 0 Å². The molecule has 18 heavy (non-hydrogen) atoms. The third kappa shape index (κ3) is 6.79. The second-order valence-corrected chi connectivity index (χ2v) is 4.83. The number of thioether (sulfide) groups is 1. The van der Waals surface area contributed by atoms with Crippen LogP contribution in [0.5, 0.6) is 5.75 Å². The molecule has 0 aromatic heterocycles. The molecule has 1 nitrogen and oxygen atoms in total. The zero-order valence-electron chi connectivity index (χ0n) is 10.3. The number of halogens is 3. The van der Waals surface area contributed by atoms with Crippen molar-refractivity contribution in [3.63, 3.8) is 0 Å². The summed E-state index contributed by atoms with van der Waals surface area (Å²) in [6.07, 6.45) is -1.36. The van der Waals surface area contributed by atoms with Gasteiger partial charge in [0.1, 0.15) is 5.75 Å². The predicted octanol–water partition coefficient (Wildman–Crippen LogP) is 4.91. The Morgan fingerprint density at radius 3 is 2.28 bits per heavy atom.